The van der Waals surface area contributed by atoms with E-state index >= 15 is 0 Å². The fourth-order valence-electron chi connectivity index (χ4n) is 5.72. The maximum atomic E-state index is 12.4. The largest absolute Gasteiger partial charge is 0.494 e. The number of rotatable bonds is 12. The summed E-state index contributed by atoms with van der Waals surface area (Å²) in [6.07, 6.45) is 5.58. The van der Waals surface area contributed by atoms with Gasteiger partial charge in [-0.15, -0.1) is 0 Å². The van der Waals surface area contributed by atoms with Crippen LogP contribution < -0.4 is 15.8 Å². The SMILES string of the molecule is CCOc1ccccc1C(CNC(=O)CCC(N)=O)C1CCC(Cc2cccc(C)c2)(N(C)C)CC1. The summed E-state index contributed by atoms with van der Waals surface area (Å²) in [5, 5.41) is 3.08. The van der Waals surface area contributed by atoms with E-state index in [-0.39, 0.29) is 30.2 Å². The van der Waals surface area contributed by atoms with Gasteiger partial charge in [-0.05, 0) is 83.2 Å². The highest BCUT2D eigenvalue weighted by atomic mass is 16.5. The van der Waals surface area contributed by atoms with Crippen LogP contribution >= 0.6 is 0 Å². The molecule has 6 heteroatoms. The van der Waals surface area contributed by atoms with Crippen molar-refractivity contribution in [1.82, 2.24) is 10.2 Å². The fourth-order valence-corrected chi connectivity index (χ4v) is 5.72. The Morgan fingerprint density at radius 2 is 1.83 bits per heavy atom. The van der Waals surface area contributed by atoms with Crippen LogP contribution in [0.25, 0.3) is 0 Å². The number of aryl methyl sites for hydroxylation is 1. The van der Waals surface area contributed by atoms with Crippen molar-refractivity contribution in [2.45, 2.75) is 70.3 Å². The van der Waals surface area contributed by atoms with E-state index in [1.165, 1.54) is 11.1 Å². The van der Waals surface area contributed by atoms with Gasteiger partial charge in [0.2, 0.25) is 11.8 Å². The Hall–Kier alpha value is -2.86. The number of benzene rings is 2. The van der Waals surface area contributed by atoms with Crippen molar-refractivity contribution >= 4 is 11.8 Å². The first-order valence-electron chi connectivity index (χ1n) is 13.2. The number of primary amides is 1. The molecule has 1 unspecified atom stereocenters. The average molecular weight is 494 g/mol. The first kappa shape index (κ1) is 27.7. The van der Waals surface area contributed by atoms with Gasteiger partial charge in [-0.3, -0.25) is 9.59 Å². The van der Waals surface area contributed by atoms with Crippen LogP contribution in [0.1, 0.15) is 68.1 Å². The normalized spacial score (nSPS) is 20.6. The molecule has 1 aliphatic carbocycles. The monoisotopic (exact) mass is 493 g/mol. The van der Waals surface area contributed by atoms with Crippen LogP contribution in [-0.2, 0) is 16.0 Å². The highest BCUT2D eigenvalue weighted by Gasteiger charge is 2.40. The van der Waals surface area contributed by atoms with Crippen molar-refractivity contribution in [3.8, 4) is 5.75 Å². The van der Waals surface area contributed by atoms with Gasteiger partial charge >= 0.3 is 0 Å². The average Bonchev–Trinajstić information content (AvgIpc) is 2.85. The predicted octanol–water partition coefficient (Wildman–Crippen LogP) is 4.59. The molecule has 2 amide bonds. The van der Waals surface area contributed by atoms with Gasteiger partial charge in [0, 0.05) is 30.8 Å². The lowest BCUT2D eigenvalue weighted by atomic mass is 9.68. The minimum absolute atomic E-state index is 0.0692. The molecule has 0 spiro atoms. The molecule has 3 N–H and O–H groups in total. The Labute approximate surface area is 216 Å². The third kappa shape index (κ3) is 7.33. The van der Waals surface area contributed by atoms with Crippen molar-refractivity contribution < 1.29 is 14.3 Å². The highest BCUT2D eigenvalue weighted by molar-refractivity contribution is 5.82. The fraction of sp³-hybridized carbons (Fsp3) is 0.533. The standard InChI is InChI=1S/C30H43N3O3/c1-5-36-27-12-7-6-11-25(27)26(21-32-29(35)14-13-28(31)34)24-15-17-30(18-16-24,33(3)4)20-23-10-8-9-22(2)19-23/h6-12,19,24,26H,5,13-18,20-21H2,1-4H3,(H2,31,34)(H,32,35). The van der Waals surface area contributed by atoms with Gasteiger partial charge in [0.1, 0.15) is 5.75 Å². The first-order valence-corrected chi connectivity index (χ1v) is 13.2. The molecule has 36 heavy (non-hydrogen) atoms. The number of nitrogens with one attached hydrogen (secondary N) is 1. The molecule has 1 atom stereocenters. The van der Waals surface area contributed by atoms with Crippen LogP contribution in [-0.4, -0.2) is 49.5 Å². The van der Waals surface area contributed by atoms with Gasteiger partial charge in [0.15, 0.2) is 0 Å². The van der Waals surface area contributed by atoms with Crippen LogP contribution in [0.5, 0.6) is 5.75 Å². The molecule has 1 fully saturated rings. The lowest BCUT2D eigenvalue weighted by Gasteiger charge is -2.47. The molecule has 1 saturated carbocycles. The summed E-state index contributed by atoms with van der Waals surface area (Å²) in [5.41, 5.74) is 9.20. The summed E-state index contributed by atoms with van der Waals surface area (Å²) in [6.45, 7) is 5.27. The van der Waals surface area contributed by atoms with E-state index in [9.17, 15) is 9.59 Å². The summed E-state index contributed by atoms with van der Waals surface area (Å²) < 4.78 is 5.98. The maximum absolute atomic E-state index is 12.4. The third-order valence-electron chi connectivity index (χ3n) is 7.83. The van der Waals surface area contributed by atoms with Crippen molar-refractivity contribution in [3.63, 3.8) is 0 Å². The smallest absolute Gasteiger partial charge is 0.220 e. The molecule has 2 aromatic rings. The topological polar surface area (TPSA) is 84.7 Å². The lowest BCUT2D eigenvalue weighted by Crippen LogP contribution is -2.49. The third-order valence-corrected chi connectivity index (χ3v) is 7.83. The van der Waals surface area contributed by atoms with E-state index in [2.05, 4.69) is 61.6 Å². The summed E-state index contributed by atoms with van der Waals surface area (Å²) in [5.74, 6) is 0.869. The van der Waals surface area contributed by atoms with E-state index in [0.717, 1.165) is 43.4 Å². The number of para-hydroxylation sites is 1. The van der Waals surface area contributed by atoms with Gasteiger partial charge in [0.05, 0.1) is 6.61 Å². The van der Waals surface area contributed by atoms with E-state index in [4.69, 9.17) is 10.5 Å². The summed E-state index contributed by atoms with van der Waals surface area (Å²) in [4.78, 5) is 26.0. The van der Waals surface area contributed by atoms with E-state index < -0.39 is 5.91 Å². The minimum atomic E-state index is -0.454. The molecule has 0 aromatic heterocycles. The Bertz CT molecular complexity index is 1010. The van der Waals surface area contributed by atoms with Crippen molar-refractivity contribution in [2.75, 3.05) is 27.2 Å². The van der Waals surface area contributed by atoms with Gasteiger partial charge in [0.25, 0.3) is 0 Å². The number of likely N-dealkylation sites (N-methyl/N-ethyl adjacent to an activating group) is 1. The van der Waals surface area contributed by atoms with Gasteiger partial charge in [-0.2, -0.15) is 0 Å². The second kappa shape index (κ2) is 12.9. The molecule has 6 nitrogen and oxygen atoms in total. The number of hydrogen-bond acceptors (Lipinski definition) is 4. The number of ether oxygens (including phenoxy) is 1. The number of carbonyl (C=O) groups is 2. The molecule has 3 rings (SSSR count). The zero-order valence-corrected chi connectivity index (χ0v) is 22.4. The number of nitrogens with two attached hydrogens (primary N) is 1. The van der Waals surface area contributed by atoms with Crippen molar-refractivity contribution in [2.24, 2.45) is 11.7 Å². The van der Waals surface area contributed by atoms with Gasteiger partial charge < -0.3 is 20.7 Å². The molecule has 0 heterocycles. The lowest BCUT2D eigenvalue weighted by molar-refractivity contribution is -0.125. The molecule has 1 aliphatic rings. The molecule has 196 valence electrons. The minimum Gasteiger partial charge on any atom is -0.494 e. The quantitative estimate of drug-likeness (QED) is 0.453. The van der Waals surface area contributed by atoms with E-state index in [0.29, 0.717) is 19.1 Å². The van der Waals surface area contributed by atoms with Crippen LogP contribution in [0.4, 0.5) is 0 Å². The highest BCUT2D eigenvalue weighted by Crippen LogP contribution is 2.44. The number of nitrogens with zero attached hydrogens (tertiary/aromatic N) is 1. The maximum Gasteiger partial charge on any atom is 0.220 e. The summed E-state index contributed by atoms with van der Waals surface area (Å²) >= 11 is 0. The molecule has 0 bridgehead atoms. The summed E-state index contributed by atoms with van der Waals surface area (Å²) in [7, 11) is 4.41. The van der Waals surface area contributed by atoms with Crippen LogP contribution in [0, 0.1) is 12.8 Å². The molecule has 0 saturated heterocycles. The van der Waals surface area contributed by atoms with Crippen LogP contribution in [0.3, 0.4) is 0 Å². The van der Waals surface area contributed by atoms with Crippen LogP contribution in [0.2, 0.25) is 0 Å². The number of amides is 2. The summed E-state index contributed by atoms with van der Waals surface area (Å²) in [6, 6.07) is 17.0. The number of carbonyl (C=O) groups excluding carboxylic acids is 2. The molecular formula is C30H43N3O3. The van der Waals surface area contributed by atoms with E-state index in [1.807, 2.05) is 25.1 Å². The Kier molecular flexibility index (Phi) is 9.94. The Morgan fingerprint density at radius 3 is 2.47 bits per heavy atom. The zero-order valence-electron chi connectivity index (χ0n) is 22.4. The second-order valence-corrected chi connectivity index (χ2v) is 10.5. The van der Waals surface area contributed by atoms with Gasteiger partial charge in [-0.25, -0.2) is 0 Å². The van der Waals surface area contributed by atoms with Crippen LogP contribution in [0.15, 0.2) is 48.5 Å². The Balaban J connectivity index is 1.79. The van der Waals surface area contributed by atoms with E-state index in [1.54, 1.807) is 0 Å². The van der Waals surface area contributed by atoms with Gasteiger partial charge in [-0.1, -0.05) is 48.0 Å². The molecule has 0 aliphatic heterocycles. The van der Waals surface area contributed by atoms with Crippen molar-refractivity contribution in [1.29, 1.82) is 0 Å². The Morgan fingerprint density at radius 1 is 1.11 bits per heavy atom. The molecule has 2 aromatic carbocycles. The molecule has 0 radical (unpaired) electrons. The zero-order chi connectivity index (χ0) is 26.1. The number of hydrogen-bond donors (Lipinski definition) is 2. The van der Waals surface area contributed by atoms with Crippen molar-refractivity contribution in [3.05, 3.63) is 65.2 Å². The second-order valence-electron chi connectivity index (χ2n) is 10.5. The molecular weight excluding hydrogens is 450 g/mol. The first-order chi connectivity index (χ1) is 17.2. The predicted molar refractivity (Wildman–Crippen MR) is 145 cm³/mol.